The van der Waals surface area contributed by atoms with Gasteiger partial charge in [-0.2, -0.15) is 0 Å². The lowest BCUT2D eigenvalue weighted by Gasteiger charge is -2.42. The second kappa shape index (κ2) is 8.67. The molecular formula is C17H30N2O3. The first-order valence-corrected chi connectivity index (χ1v) is 8.26. The highest BCUT2D eigenvalue weighted by Crippen LogP contribution is 2.18. The first-order chi connectivity index (χ1) is 10.6. The van der Waals surface area contributed by atoms with Crippen LogP contribution in [0, 0.1) is 5.92 Å². The third kappa shape index (κ3) is 5.09. The van der Waals surface area contributed by atoms with Crippen molar-refractivity contribution in [3.63, 3.8) is 0 Å². The molecule has 0 spiro atoms. The molecule has 0 aliphatic carbocycles. The van der Waals surface area contributed by atoms with Crippen molar-refractivity contribution in [1.82, 2.24) is 9.80 Å². The number of hydrogen-bond acceptors (Lipinski definition) is 5. The van der Waals surface area contributed by atoms with Crippen LogP contribution in [0.4, 0.5) is 0 Å². The van der Waals surface area contributed by atoms with E-state index < -0.39 is 0 Å². The summed E-state index contributed by atoms with van der Waals surface area (Å²) in [6.07, 6.45) is 0.844. The zero-order valence-corrected chi connectivity index (χ0v) is 14.1. The van der Waals surface area contributed by atoms with E-state index in [1.54, 1.807) is 7.11 Å². The Hall–Kier alpha value is -0.880. The summed E-state index contributed by atoms with van der Waals surface area (Å²) < 4.78 is 10.9. The summed E-state index contributed by atoms with van der Waals surface area (Å²) in [4.78, 5) is 4.95. The molecule has 2 heterocycles. The van der Waals surface area contributed by atoms with E-state index in [4.69, 9.17) is 9.15 Å². The quantitative estimate of drug-likeness (QED) is 0.795. The first kappa shape index (κ1) is 17.5. The highest BCUT2D eigenvalue weighted by Gasteiger charge is 2.27. The van der Waals surface area contributed by atoms with Gasteiger partial charge in [-0.1, -0.05) is 13.8 Å². The summed E-state index contributed by atoms with van der Waals surface area (Å²) in [5, 5.41) is 9.33. The van der Waals surface area contributed by atoms with Gasteiger partial charge in [-0.3, -0.25) is 9.80 Å². The van der Waals surface area contributed by atoms with Gasteiger partial charge in [0.25, 0.3) is 0 Å². The Morgan fingerprint density at radius 3 is 2.77 bits per heavy atom. The molecule has 1 aliphatic heterocycles. The lowest BCUT2D eigenvalue weighted by molar-refractivity contribution is 0.0441. The minimum atomic E-state index is 0.256. The summed E-state index contributed by atoms with van der Waals surface area (Å²) in [5.74, 6) is 2.53. The molecule has 0 radical (unpaired) electrons. The Balaban J connectivity index is 1.90. The van der Waals surface area contributed by atoms with Crippen molar-refractivity contribution >= 4 is 0 Å². The van der Waals surface area contributed by atoms with Gasteiger partial charge in [0.15, 0.2) is 0 Å². The van der Waals surface area contributed by atoms with Crippen molar-refractivity contribution in [2.24, 2.45) is 5.92 Å². The molecule has 1 aliphatic rings. The zero-order chi connectivity index (χ0) is 15.9. The van der Waals surface area contributed by atoms with Crippen LogP contribution in [-0.2, 0) is 17.9 Å². The summed E-state index contributed by atoms with van der Waals surface area (Å²) in [5.41, 5.74) is 0. The largest absolute Gasteiger partial charge is 0.462 e. The first-order valence-electron chi connectivity index (χ1n) is 8.26. The molecule has 0 saturated carbocycles. The fourth-order valence-electron chi connectivity index (χ4n) is 3.18. The highest BCUT2D eigenvalue weighted by atomic mass is 16.5. The highest BCUT2D eigenvalue weighted by molar-refractivity contribution is 5.06. The van der Waals surface area contributed by atoms with E-state index in [1.165, 1.54) is 0 Å². The number of piperazine rings is 1. The van der Waals surface area contributed by atoms with Gasteiger partial charge in [0.2, 0.25) is 0 Å². The van der Waals surface area contributed by atoms with Gasteiger partial charge in [0, 0.05) is 45.9 Å². The molecule has 1 fully saturated rings. The topological polar surface area (TPSA) is 49.1 Å². The van der Waals surface area contributed by atoms with Crippen molar-refractivity contribution in [3.05, 3.63) is 23.7 Å². The molecule has 1 unspecified atom stereocenters. The molecule has 5 heteroatoms. The average Bonchev–Trinajstić information content (AvgIpc) is 2.89. The summed E-state index contributed by atoms with van der Waals surface area (Å²) in [7, 11) is 1.68. The summed E-state index contributed by atoms with van der Waals surface area (Å²) in [6.45, 7) is 10.3. The molecular weight excluding hydrogens is 280 g/mol. The van der Waals surface area contributed by atoms with E-state index in [2.05, 4.69) is 23.6 Å². The third-order valence-corrected chi connectivity index (χ3v) is 4.13. The smallest absolute Gasteiger partial charge is 0.129 e. The molecule has 0 bridgehead atoms. The molecule has 1 aromatic rings. The number of aliphatic hydroxyl groups excluding tert-OH is 1. The minimum Gasteiger partial charge on any atom is -0.462 e. The molecule has 0 aromatic carbocycles. The molecule has 1 saturated heterocycles. The number of aliphatic hydroxyl groups is 1. The van der Waals surface area contributed by atoms with E-state index in [-0.39, 0.29) is 6.61 Å². The van der Waals surface area contributed by atoms with Crippen LogP contribution in [0.5, 0.6) is 0 Å². The van der Waals surface area contributed by atoms with Crippen molar-refractivity contribution in [2.45, 2.75) is 39.5 Å². The fourth-order valence-corrected chi connectivity index (χ4v) is 3.18. The standard InChI is InChI=1S/C17H30N2O3/c1-14(2)10-19-8-7-18(11-15(19)6-9-20)12-16-4-5-17(22-16)13-21-3/h4-5,14-15,20H,6-13H2,1-3H3. The number of methoxy groups -OCH3 is 1. The summed E-state index contributed by atoms with van der Waals surface area (Å²) in [6, 6.07) is 4.46. The second-order valence-corrected chi connectivity index (χ2v) is 6.59. The van der Waals surface area contributed by atoms with Crippen LogP contribution in [0.2, 0.25) is 0 Å². The maximum absolute atomic E-state index is 9.33. The lowest BCUT2D eigenvalue weighted by atomic mass is 10.1. The second-order valence-electron chi connectivity index (χ2n) is 6.59. The minimum absolute atomic E-state index is 0.256. The normalized spacial score (nSPS) is 20.9. The Morgan fingerprint density at radius 1 is 1.32 bits per heavy atom. The van der Waals surface area contributed by atoms with Crippen molar-refractivity contribution in [3.8, 4) is 0 Å². The van der Waals surface area contributed by atoms with Crippen molar-refractivity contribution < 1.29 is 14.3 Å². The lowest BCUT2D eigenvalue weighted by Crippen LogP contribution is -2.53. The zero-order valence-electron chi connectivity index (χ0n) is 14.1. The maximum Gasteiger partial charge on any atom is 0.129 e. The molecule has 22 heavy (non-hydrogen) atoms. The SMILES string of the molecule is COCc1ccc(CN2CCN(CC(C)C)C(CCO)C2)o1. The van der Waals surface area contributed by atoms with Gasteiger partial charge >= 0.3 is 0 Å². The monoisotopic (exact) mass is 310 g/mol. The van der Waals surface area contributed by atoms with Gasteiger partial charge in [-0.25, -0.2) is 0 Å². The van der Waals surface area contributed by atoms with Crippen LogP contribution in [0.1, 0.15) is 31.8 Å². The molecule has 1 atom stereocenters. The van der Waals surface area contributed by atoms with E-state index >= 15 is 0 Å². The van der Waals surface area contributed by atoms with Gasteiger partial charge < -0.3 is 14.3 Å². The number of furan rings is 1. The van der Waals surface area contributed by atoms with Gasteiger partial charge in [0.1, 0.15) is 18.1 Å². The molecule has 0 amide bonds. The number of hydrogen-bond donors (Lipinski definition) is 1. The van der Waals surface area contributed by atoms with E-state index in [0.29, 0.717) is 18.6 Å². The average molecular weight is 310 g/mol. The molecule has 1 aromatic heterocycles. The Kier molecular flexibility index (Phi) is 6.89. The van der Waals surface area contributed by atoms with Crippen molar-refractivity contribution in [1.29, 1.82) is 0 Å². The van der Waals surface area contributed by atoms with Gasteiger partial charge in [-0.15, -0.1) is 0 Å². The Morgan fingerprint density at radius 2 is 2.09 bits per heavy atom. The van der Waals surface area contributed by atoms with E-state index in [0.717, 1.165) is 50.7 Å². The van der Waals surface area contributed by atoms with Crippen LogP contribution in [0.15, 0.2) is 16.5 Å². The van der Waals surface area contributed by atoms with Crippen LogP contribution in [-0.4, -0.2) is 60.8 Å². The van der Waals surface area contributed by atoms with E-state index in [9.17, 15) is 5.11 Å². The number of nitrogens with zero attached hydrogens (tertiary/aromatic N) is 2. The fraction of sp³-hybridized carbons (Fsp3) is 0.765. The predicted molar refractivity (Wildman–Crippen MR) is 86.6 cm³/mol. The van der Waals surface area contributed by atoms with Crippen LogP contribution >= 0.6 is 0 Å². The molecule has 5 nitrogen and oxygen atoms in total. The Labute approximate surface area is 133 Å². The third-order valence-electron chi connectivity index (χ3n) is 4.13. The van der Waals surface area contributed by atoms with Crippen LogP contribution in [0.3, 0.4) is 0 Å². The molecule has 1 N–H and O–H groups in total. The summed E-state index contributed by atoms with van der Waals surface area (Å²) >= 11 is 0. The van der Waals surface area contributed by atoms with E-state index in [1.807, 2.05) is 12.1 Å². The number of rotatable bonds is 8. The maximum atomic E-state index is 9.33. The van der Waals surface area contributed by atoms with Crippen molar-refractivity contribution in [2.75, 3.05) is 39.9 Å². The molecule has 126 valence electrons. The van der Waals surface area contributed by atoms with Crippen LogP contribution < -0.4 is 0 Å². The predicted octanol–water partition coefficient (Wildman–Crippen LogP) is 1.95. The van der Waals surface area contributed by atoms with Gasteiger partial charge in [-0.05, 0) is 24.5 Å². The van der Waals surface area contributed by atoms with Crippen LogP contribution in [0.25, 0.3) is 0 Å². The Bertz CT molecular complexity index is 433. The van der Waals surface area contributed by atoms with Gasteiger partial charge in [0.05, 0.1) is 6.54 Å². The number of ether oxygens (including phenoxy) is 1. The molecule has 2 rings (SSSR count).